The Morgan fingerprint density at radius 2 is 1.85 bits per heavy atom. The first-order chi connectivity index (χ1) is 18.8. The molecule has 1 aliphatic carbocycles. The maximum Gasteiger partial charge on any atom is 0.254 e. The standard InChI is InChI=1S/C20H22FN3O.C9H13NO2.C2H6/c1-24-12-4-7-17(24)19-22-18(20(25)23-19)14-10-8-13(9-11-14)15-5-2-3-6-16(15)21;1-6(2)8(5-11)9-4-7(3)10-12-9;1-2/h5-6,8-11,17-18H,2-4,7,12H2,1H3,(H,22,23,25);4-6,8H,1-3H3;1-2H3. The Morgan fingerprint density at radius 3 is 2.38 bits per heavy atom. The lowest BCUT2D eigenvalue weighted by atomic mass is 9.95. The average Bonchev–Trinajstić information content (AvgIpc) is 3.66. The van der Waals surface area contributed by atoms with Gasteiger partial charge in [-0.3, -0.25) is 14.7 Å². The molecule has 1 saturated heterocycles. The quantitative estimate of drug-likeness (QED) is 0.436. The van der Waals surface area contributed by atoms with Gasteiger partial charge in [0, 0.05) is 11.6 Å². The van der Waals surface area contributed by atoms with Gasteiger partial charge in [0.1, 0.15) is 23.7 Å². The van der Waals surface area contributed by atoms with E-state index in [1.807, 2.05) is 65.0 Å². The molecule has 1 aromatic heterocycles. The molecular weight excluding hydrogens is 495 g/mol. The van der Waals surface area contributed by atoms with Crippen molar-refractivity contribution >= 4 is 23.6 Å². The maximum absolute atomic E-state index is 14.0. The Morgan fingerprint density at radius 1 is 1.15 bits per heavy atom. The van der Waals surface area contributed by atoms with Crippen LogP contribution in [-0.2, 0) is 9.59 Å². The van der Waals surface area contributed by atoms with Crippen molar-refractivity contribution < 1.29 is 18.5 Å². The first-order valence-electron chi connectivity index (χ1n) is 13.9. The van der Waals surface area contributed by atoms with Crippen LogP contribution in [0.25, 0.3) is 5.57 Å². The van der Waals surface area contributed by atoms with E-state index < -0.39 is 6.04 Å². The van der Waals surface area contributed by atoms with Gasteiger partial charge >= 0.3 is 0 Å². The molecule has 0 radical (unpaired) electrons. The fourth-order valence-electron chi connectivity index (χ4n) is 4.91. The van der Waals surface area contributed by atoms with E-state index in [1.165, 1.54) is 0 Å². The summed E-state index contributed by atoms with van der Waals surface area (Å²) < 4.78 is 19.0. The van der Waals surface area contributed by atoms with Crippen molar-refractivity contribution in [1.82, 2.24) is 15.4 Å². The van der Waals surface area contributed by atoms with Gasteiger partial charge in [-0.15, -0.1) is 0 Å². The summed E-state index contributed by atoms with van der Waals surface area (Å²) in [5, 5.41) is 6.68. The Bertz CT molecular complexity index is 1210. The number of aromatic nitrogens is 1. The normalized spacial score (nSPS) is 21.5. The maximum atomic E-state index is 14.0. The van der Waals surface area contributed by atoms with E-state index >= 15 is 0 Å². The minimum absolute atomic E-state index is 0.0778. The van der Waals surface area contributed by atoms with Gasteiger partial charge in [-0.2, -0.15) is 0 Å². The lowest BCUT2D eigenvalue weighted by Crippen LogP contribution is -2.40. The van der Waals surface area contributed by atoms with Crippen LogP contribution in [0.15, 0.2) is 57.8 Å². The van der Waals surface area contributed by atoms with Gasteiger partial charge in [0.05, 0.1) is 17.7 Å². The number of allylic oxidation sites excluding steroid dienone is 4. The van der Waals surface area contributed by atoms with Crippen molar-refractivity contribution in [2.24, 2.45) is 10.9 Å². The summed E-state index contributed by atoms with van der Waals surface area (Å²) in [6.07, 6.45) is 8.23. The van der Waals surface area contributed by atoms with Gasteiger partial charge in [-0.1, -0.05) is 63.2 Å². The van der Waals surface area contributed by atoms with E-state index in [1.54, 1.807) is 12.1 Å². The van der Waals surface area contributed by atoms with E-state index in [-0.39, 0.29) is 29.6 Å². The average molecular weight is 537 g/mol. The highest BCUT2D eigenvalue weighted by Gasteiger charge is 2.35. The van der Waals surface area contributed by atoms with E-state index in [4.69, 9.17) is 4.52 Å². The number of hydrogen-bond acceptors (Lipinski definition) is 6. The zero-order chi connectivity index (χ0) is 28.5. The number of amides is 1. The molecule has 210 valence electrons. The van der Waals surface area contributed by atoms with Gasteiger partial charge in [0.15, 0.2) is 6.04 Å². The van der Waals surface area contributed by atoms with E-state index in [0.717, 1.165) is 61.2 Å². The lowest BCUT2D eigenvalue weighted by Gasteiger charge is -2.18. The zero-order valence-corrected chi connectivity index (χ0v) is 23.9. The topological polar surface area (TPSA) is 87.8 Å². The second-order valence-corrected chi connectivity index (χ2v) is 10.2. The summed E-state index contributed by atoms with van der Waals surface area (Å²) >= 11 is 0. The van der Waals surface area contributed by atoms with Crippen LogP contribution in [0, 0.1) is 12.8 Å². The smallest absolute Gasteiger partial charge is 0.254 e. The Kier molecular flexibility index (Phi) is 10.9. The molecule has 2 aromatic rings. The molecule has 8 heteroatoms. The predicted molar refractivity (Wildman–Crippen MR) is 153 cm³/mol. The van der Waals surface area contributed by atoms with Gasteiger partial charge in [-0.25, -0.2) is 4.39 Å². The Hall–Kier alpha value is -3.39. The molecule has 0 spiro atoms. The molecule has 0 bridgehead atoms. The van der Waals surface area contributed by atoms with Crippen molar-refractivity contribution in [3.63, 3.8) is 0 Å². The molecule has 1 aromatic carbocycles. The minimum Gasteiger partial charge on any atom is -0.360 e. The zero-order valence-electron chi connectivity index (χ0n) is 23.9. The number of likely N-dealkylation sites (N-methyl/N-ethyl adjacent to an activating group) is 1. The van der Waals surface area contributed by atoms with Gasteiger partial charge in [0.2, 0.25) is 0 Å². The first kappa shape index (κ1) is 30.2. The van der Waals surface area contributed by atoms with Crippen molar-refractivity contribution in [3.8, 4) is 0 Å². The van der Waals surface area contributed by atoms with Crippen LogP contribution >= 0.6 is 0 Å². The summed E-state index contributed by atoms with van der Waals surface area (Å²) in [4.78, 5) is 29.9. The molecule has 3 aliphatic rings. The number of halogens is 1. The molecule has 0 saturated carbocycles. The fraction of sp³-hybridized carbons (Fsp3) is 0.484. The van der Waals surface area contributed by atoms with Gasteiger partial charge in [-0.05, 0) is 69.3 Å². The lowest BCUT2D eigenvalue weighted by molar-refractivity contribution is -0.120. The SMILES string of the molecule is CC.CN1CCCC1C1=NC(c2ccc(C3=CCCC=C3F)cc2)C(=O)N1.Cc1cc(C(C=O)C(C)C)on1. The van der Waals surface area contributed by atoms with E-state index in [2.05, 4.69) is 27.4 Å². The van der Waals surface area contributed by atoms with Crippen molar-refractivity contribution in [3.05, 3.63) is 70.9 Å². The summed E-state index contributed by atoms with van der Waals surface area (Å²) in [6, 6.07) is 9.03. The van der Waals surface area contributed by atoms with Crippen molar-refractivity contribution in [2.45, 2.75) is 78.3 Å². The monoisotopic (exact) mass is 536 g/mol. The molecule has 2 aliphatic heterocycles. The number of nitrogens with zero attached hydrogens (tertiary/aromatic N) is 3. The number of benzene rings is 1. The number of aliphatic imine (C=N–C) groups is 1. The molecule has 1 fully saturated rings. The molecule has 3 unspecified atom stereocenters. The largest absolute Gasteiger partial charge is 0.360 e. The molecule has 1 N–H and O–H groups in total. The predicted octanol–water partition coefficient (Wildman–Crippen LogP) is 6.33. The molecule has 1 amide bonds. The highest BCUT2D eigenvalue weighted by molar-refractivity contribution is 6.08. The molecule has 3 heterocycles. The summed E-state index contributed by atoms with van der Waals surface area (Å²) in [7, 11) is 2.06. The van der Waals surface area contributed by atoms with Crippen molar-refractivity contribution in [2.75, 3.05) is 13.6 Å². The van der Waals surface area contributed by atoms with Crippen LogP contribution in [-0.4, -0.2) is 47.7 Å². The number of aryl methyl sites for hydroxylation is 1. The number of nitrogens with one attached hydrogen (secondary N) is 1. The van der Waals surface area contributed by atoms with Gasteiger partial charge < -0.3 is 14.6 Å². The number of carbonyl (C=O) groups excluding carboxylic acids is 2. The number of likely N-dealkylation sites (tertiary alicyclic amines) is 1. The highest BCUT2D eigenvalue weighted by atomic mass is 19.1. The summed E-state index contributed by atoms with van der Waals surface area (Å²) in [5.41, 5.74) is 3.15. The molecule has 3 atom stereocenters. The Balaban J connectivity index is 0.000000253. The van der Waals surface area contributed by atoms with Crippen LogP contribution < -0.4 is 5.32 Å². The summed E-state index contributed by atoms with van der Waals surface area (Å²) in [6.45, 7) is 10.8. The molecule has 39 heavy (non-hydrogen) atoms. The number of aldehydes is 1. The number of rotatable bonds is 6. The van der Waals surface area contributed by atoms with Crippen LogP contribution in [0.5, 0.6) is 0 Å². The molecular formula is C31H41FN4O3. The van der Waals surface area contributed by atoms with Crippen LogP contribution in [0.3, 0.4) is 0 Å². The second-order valence-electron chi connectivity index (χ2n) is 10.2. The van der Waals surface area contributed by atoms with Crippen LogP contribution in [0.4, 0.5) is 4.39 Å². The third-order valence-electron chi connectivity index (χ3n) is 7.08. The second kappa shape index (κ2) is 14.1. The van der Waals surface area contributed by atoms with Crippen molar-refractivity contribution in [1.29, 1.82) is 0 Å². The number of amidine groups is 1. The van der Waals surface area contributed by atoms with E-state index in [0.29, 0.717) is 11.3 Å². The third-order valence-corrected chi connectivity index (χ3v) is 7.08. The summed E-state index contributed by atoms with van der Waals surface area (Å²) in [5.74, 6) is 1.30. The first-order valence-corrected chi connectivity index (χ1v) is 13.9. The number of hydrogen-bond donors (Lipinski definition) is 1. The molecule has 5 rings (SSSR count). The van der Waals surface area contributed by atoms with E-state index in [9.17, 15) is 14.0 Å². The van der Waals surface area contributed by atoms with Crippen LogP contribution in [0.1, 0.15) is 87.9 Å². The third kappa shape index (κ3) is 7.38. The highest BCUT2D eigenvalue weighted by Crippen LogP contribution is 2.31. The molecule has 7 nitrogen and oxygen atoms in total. The van der Waals surface area contributed by atoms with Gasteiger partial charge in [0.25, 0.3) is 5.91 Å². The van der Waals surface area contributed by atoms with Crippen LogP contribution in [0.2, 0.25) is 0 Å². The number of carbonyl (C=O) groups is 2. The fourth-order valence-corrected chi connectivity index (χ4v) is 4.91. The minimum atomic E-state index is -0.501. The Labute approximate surface area is 231 Å².